The molecule has 1 N–H and O–H groups in total. The minimum Gasteiger partial charge on any atom is -0.481 e. The van der Waals surface area contributed by atoms with Gasteiger partial charge in [-0.05, 0) is 18.8 Å². The van der Waals surface area contributed by atoms with Crippen molar-refractivity contribution in [1.82, 2.24) is 0 Å². The molecular formula is C22H44O2. The molecule has 0 saturated heterocycles. The number of aliphatic carboxylic acids is 1. The molecule has 2 nitrogen and oxygen atoms in total. The summed E-state index contributed by atoms with van der Waals surface area (Å²) in [4.78, 5) is 11.6. The van der Waals surface area contributed by atoms with Gasteiger partial charge in [0.05, 0.1) is 5.92 Å². The Morgan fingerprint density at radius 1 is 0.667 bits per heavy atom. The average Bonchev–Trinajstić information content (AvgIpc) is 2.56. The van der Waals surface area contributed by atoms with Gasteiger partial charge in [-0.15, -0.1) is 0 Å². The second-order valence-electron chi connectivity index (χ2n) is 7.68. The summed E-state index contributed by atoms with van der Waals surface area (Å²) < 4.78 is 0. The van der Waals surface area contributed by atoms with Crippen molar-refractivity contribution in [3.8, 4) is 0 Å². The van der Waals surface area contributed by atoms with Crippen LogP contribution in [-0.4, -0.2) is 11.1 Å². The third-order valence-corrected chi connectivity index (χ3v) is 5.29. The lowest BCUT2D eigenvalue weighted by atomic mass is 9.85. The van der Waals surface area contributed by atoms with Gasteiger partial charge < -0.3 is 5.11 Å². The summed E-state index contributed by atoms with van der Waals surface area (Å²) in [7, 11) is 0. The second-order valence-corrected chi connectivity index (χ2v) is 7.68. The van der Waals surface area contributed by atoms with Crippen LogP contribution in [0.2, 0.25) is 0 Å². The lowest BCUT2D eigenvalue weighted by Crippen LogP contribution is -2.18. The van der Waals surface area contributed by atoms with E-state index in [0.717, 1.165) is 19.3 Å². The van der Waals surface area contributed by atoms with Crippen LogP contribution in [0.1, 0.15) is 124 Å². The van der Waals surface area contributed by atoms with Gasteiger partial charge in [0.25, 0.3) is 0 Å². The standard InChI is InChI=1S/C22H44O2/c1-4-7-9-10-11-12-13-15-18-21(22(23)24)19-20(16-6-3)17-14-8-5-2/h20-21H,4-19H2,1-3H3,(H,23,24). The first kappa shape index (κ1) is 23.5. The molecule has 0 fully saturated rings. The van der Waals surface area contributed by atoms with Crippen LogP contribution in [0.25, 0.3) is 0 Å². The maximum absolute atomic E-state index is 11.6. The van der Waals surface area contributed by atoms with Crippen LogP contribution < -0.4 is 0 Å². The molecular weight excluding hydrogens is 296 g/mol. The Balaban J connectivity index is 3.97. The predicted molar refractivity (Wildman–Crippen MR) is 106 cm³/mol. The molecule has 2 atom stereocenters. The van der Waals surface area contributed by atoms with E-state index >= 15 is 0 Å². The summed E-state index contributed by atoms with van der Waals surface area (Å²) >= 11 is 0. The number of hydrogen-bond acceptors (Lipinski definition) is 1. The predicted octanol–water partition coefficient (Wildman–Crippen LogP) is 7.60. The Labute approximate surface area is 151 Å². The Kier molecular flexibility index (Phi) is 16.9. The third kappa shape index (κ3) is 13.9. The first-order chi connectivity index (χ1) is 11.7. The highest BCUT2D eigenvalue weighted by Crippen LogP contribution is 2.27. The molecule has 0 aromatic carbocycles. The monoisotopic (exact) mass is 340 g/mol. The normalized spacial score (nSPS) is 13.8. The van der Waals surface area contributed by atoms with Crippen LogP contribution in [0.5, 0.6) is 0 Å². The van der Waals surface area contributed by atoms with Gasteiger partial charge in [-0.25, -0.2) is 0 Å². The number of carboxylic acids is 1. The fourth-order valence-electron chi connectivity index (χ4n) is 3.74. The molecule has 0 aromatic rings. The maximum atomic E-state index is 11.6. The highest BCUT2D eigenvalue weighted by molar-refractivity contribution is 5.69. The maximum Gasteiger partial charge on any atom is 0.306 e. The Hall–Kier alpha value is -0.530. The average molecular weight is 341 g/mol. The molecule has 0 saturated carbocycles. The van der Waals surface area contributed by atoms with E-state index in [1.807, 2.05) is 0 Å². The molecule has 0 aliphatic rings. The summed E-state index contributed by atoms with van der Waals surface area (Å²) in [6, 6.07) is 0. The van der Waals surface area contributed by atoms with Crippen LogP contribution >= 0.6 is 0 Å². The van der Waals surface area contributed by atoms with Crippen LogP contribution in [0.4, 0.5) is 0 Å². The number of rotatable bonds is 18. The molecule has 0 aliphatic heterocycles. The van der Waals surface area contributed by atoms with E-state index in [2.05, 4.69) is 20.8 Å². The smallest absolute Gasteiger partial charge is 0.306 e. The van der Waals surface area contributed by atoms with Gasteiger partial charge in [0.15, 0.2) is 0 Å². The van der Waals surface area contributed by atoms with Crippen molar-refractivity contribution in [3.63, 3.8) is 0 Å². The number of hydrogen-bond donors (Lipinski definition) is 1. The van der Waals surface area contributed by atoms with Crippen molar-refractivity contribution in [2.75, 3.05) is 0 Å². The molecule has 0 amide bonds. The van der Waals surface area contributed by atoms with Crippen LogP contribution in [-0.2, 0) is 4.79 Å². The number of carboxylic acid groups (broad SMARTS) is 1. The molecule has 2 unspecified atom stereocenters. The summed E-state index contributed by atoms with van der Waals surface area (Å²) in [5, 5.41) is 9.56. The van der Waals surface area contributed by atoms with E-state index in [1.54, 1.807) is 0 Å². The van der Waals surface area contributed by atoms with Gasteiger partial charge in [0.1, 0.15) is 0 Å². The number of carbonyl (C=O) groups is 1. The summed E-state index contributed by atoms with van der Waals surface area (Å²) in [5.74, 6) is -0.0468. The molecule has 0 bridgehead atoms. The Morgan fingerprint density at radius 3 is 1.71 bits per heavy atom. The van der Waals surface area contributed by atoms with Gasteiger partial charge in [-0.2, -0.15) is 0 Å². The van der Waals surface area contributed by atoms with Crippen molar-refractivity contribution < 1.29 is 9.90 Å². The Morgan fingerprint density at radius 2 is 1.17 bits per heavy atom. The van der Waals surface area contributed by atoms with E-state index in [0.29, 0.717) is 5.92 Å². The molecule has 0 spiro atoms. The zero-order valence-corrected chi connectivity index (χ0v) is 16.8. The van der Waals surface area contributed by atoms with Crippen molar-refractivity contribution in [2.45, 2.75) is 124 Å². The lowest BCUT2D eigenvalue weighted by Gasteiger charge is -2.21. The van der Waals surface area contributed by atoms with E-state index in [4.69, 9.17) is 0 Å². The molecule has 144 valence electrons. The van der Waals surface area contributed by atoms with E-state index in [1.165, 1.54) is 83.5 Å². The van der Waals surface area contributed by atoms with Crippen molar-refractivity contribution in [2.24, 2.45) is 11.8 Å². The van der Waals surface area contributed by atoms with Gasteiger partial charge >= 0.3 is 5.97 Å². The third-order valence-electron chi connectivity index (χ3n) is 5.29. The first-order valence-corrected chi connectivity index (χ1v) is 10.9. The molecule has 2 heteroatoms. The van der Waals surface area contributed by atoms with E-state index in [-0.39, 0.29) is 5.92 Å². The fourth-order valence-corrected chi connectivity index (χ4v) is 3.74. The molecule has 0 rings (SSSR count). The van der Waals surface area contributed by atoms with Crippen molar-refractivity contribution in [1.29, 1.82) is 0 Å². The summed E-state index contributed by atoms with van der Waals surface area (Å²) in [5.41, 5.74) is 0. The number of unbranched alkanes of at least 4 members (excludes halogenated alkanes) is 9. The minimum absolute atomic E-state index is 0.108. The van der Waals surface area contributed by atoms with Crippen LogP contribution in [0.15, 0.2) is 0 Å². The fraction of sp³-hybridized carbons (Fsp3) is 0.955. The molecule has 0 aromatic heterocycles. The topological polar surface area (TPSA) is 37.3 Å². The SMILES string of the molecule is CCCCCCCCCCC(CC(CCC)CCCCC)C(=O)O. The van der Waals surface area contributed by atoms with Crippen molar-refractivity contribution >= 4 is 5.97 Å². The summed E-state index contributed by atoms with van der Waals surface area (Å²) in [6.45, 7) is 6.71. The molecule has 24 heavy (non-hydrogen) atoms. The van der Waals surface area contributed by atoms with Gasteiger partial charge in [-0.3, -0.25) is 4.79 Å². The van der Waals surface area contributed by atoms with E-state index < -0.39 is 5.97 Å². The zero-order chi connectivity index (χ0) is 18.0. The van der Waals surface area contributed by atoms with Crippen LogP contribution in [0.3, 0.4) is 0 Å². The largest absolute Gasteiger partial charge is 0.481 e. The Bertz CT molecular complexity index is 275. The van der Waals surface area contributed by atoms with Crippen LogP contribution in [0, 0.1) is 11.8 Å². The van der Waals surface area contributed by atoms with Gasteiger partial charge in [-0.1, -0.05) is 111 Å². The second kappa shape index (κ2) is 17.3. The lowest BCUT2D eigenvalue weighted by molar-refractivity contribution is -0.142. The highest BCUT2D eigenvalue weighted by atomic mass is 16.4. The minimum atomic E-state index is -0.561. The molecule has 0 heterocycles. The first-order valence-electron chi connectivity index (χ1n) is 10.9. The quantitative estimate of drug-likeness (QED) is 0.261. The van der Waals surface area contributed by atoms with Crippen molar-refractivity contribution in [3.05, 3.63) is 0 Å². The molecule has 0 aliphatic carbocycles. The highest BCUT2D eigenvalue weighted by Gasteiger charge is 2.21. The van der Waals surface area contributed by atoms with Gasteiger partial charge in [0, 0.05) is 0 Å². The zero-order valence-electron chi connectivity index (χ0n) is 16.8. The van der Waals surface area contributed by atoms with Gasteiger partial charge in [0.2, 0.25) is 0 Å². The van der Waals surface area contributed by atoms with E-state index in [9.17, 15) is 9.90 Å². The summed E-state index contributed by atoms with van der Waals surface area (Å²) in [6.07, 6.45) is 19.5. The molecule has 0 radical (unpaired) electrons.